The van der Waals surface area contributed by atoms with Gasteiger partial charge in [-0.05, 0) is 109 Å². The van der Waals surface area contributed by atoms with Gasteiger partial charge in [0.15, 0.2) is 0 Å². The number of urea groups is 1. The standard InChI is InChI=1S/C30H46N4O4/c1-29(2,3)38-28(36)34-12-10-33(11-13-34)9-4-5-14-37-26-8-6-7-25(18-26)31-27(35)32-30-19-22-15-23(20-30)17-24(16-22)21-30/h6-8,18,22-24H,4-5,9-17,19-21H2,1-3H3,(H2,31,32,35). The molecule has 210 valence electrons. The average Bonchev–Trinajstić information content (AvgIpc) is 2.82. The van der Waals surface area contributed by atoms with Crippen molar-refractivity contribution in [2.24, 2.45) is 17.8 Å². The summed E-state index contributed by atoms with van der Waals surface area (Å²) in [6, 6.07) is 7.62. The third-order valence-electron chi connectivity index (χ3n) is 8.67. The molecule has 8 nitrogen and oxygen atoms in total. The minimum Gasteiger partial charge on any atom is -0.494 e. The van der Waals surface area contributed by atoms with Crippen molar-refractivity contribution in [3.05, 3.63) is 24.3 Å². The molecular weight excluding hydrogens is 480 g/mol. The summed E-state index contributed by atoms with van der Waals surface area (Å²) in [4.78, 5) is 29.3. The summed E-state index contributed by atoms with van der Waals surface area (Å²) >= 11 is 0. The minimum atomic E-state index is -0.454. The van der Waals surface area contributed by atoms with Crippen molar-refractivity contribution >= 4 is 17.8 Å². The first-order valence-corrected chi connectivity index (χ1v) is 14.7. The highest BCUT2D eigenvalue weighted by Crippen LogP contribution is 2.55. The van der Waals surface area contributed by atoms with Crippen molar-refractivity contribution in [1.29, 1.82) is 0 Å². The van der Waals surface area contributed by atoms with Crippen LogP contribution in [-0.4, -0.2) is 72.4 Å². The van der Waals surface area contributed by atoms with Crippen molar-refractivity contribution in [3.63, 3.8) is 0 Å². The Morgan fingerprint density at radius 1 is 0.974 bits per heavy atom. The Kier molecular flexibility index (Phi) is 8.08. The van der Waals surface area contributed by atoms with Crippen molar-refractivity contribution < 1.29 is 19.1 Å². The number of ether oxygens (including phenoxy) is 2. The van der Waals surface area contributed by atoms with Crippen LogP contribution in [0.3, 0.4) is 0 Å². The number of nitrogens with one attached hydrogen (secondary N) is 2. The number of hydrogen-bond acceptors (Lipinski definition) is 5. The molecule has 4 aliphatic carbocycles. The molecule has 8 heteroatoms. The second-order valence-corrected chi connectivity index (χ2v) is 13.2. The van der Waals surface area contributed by atoms with Crippen LogP contribution in [0.1, 0.15) is 72.1 Å². The fourth-order valence-corrected chi connectivity index (χ4v) is 7.44. The Balaban J connectivity index is 0.982. The predicted octanol–water partition coefficient (Wildman–Crippen LogP) is 5.49. The van der Waals surface area contributed by atoms with E-state index in [1.165, 1.54) is 19.3 Å². The fourth-order valence-electron chi connectivity index (χ4n) is 7.44. The van der Waals surface area contributed by atoms with Crippen LogP contribution < -0.4 is 15.4 Å². The van der Waals surface area contributed by atoms with Crippen LogP contribution in [0, 0.1) is 17.8 Å². The lowest BCUT2D eigenvalue weighted by Gasteiger charge is -2.56. The topological polar surface area (TPSA) is 83.1 Å². The minimum absolute atomic E-state index is 0.00925. The molecular formula is C30H46N4O4. The number of hydrogen-bond donors (Lipinski definition) is 2. The van der Waals surface area contributed by atoms with Crippen LogP contribution >= 0.6 is 0 Å². The summed E-state index contributed by atoms with van der Waals surface area (Å²) in [5, 5.41) is 6.43. The van der Waals surface area contributed by atoms with Crippen molar-refractivity contribution in [2.45, 2.75) is 83.3 Å². The van der Waals surface area contributed by atoms with Gasteiger partial charge in [0.05, 0.1) is 6.61 Å². The Hall–Kier alpha value is -2.48. The molecule has 4 bridgehead atoms. The molecule has 1 aromatic rings. The van der Waals surface area contributed by atoms with Gasteiger partial charge in [-0.2, -0.15) is 0 Å². The van der Waals surface area contributed by atoms with E-state index >= 15 is 0 Å². The maximum atomic E-state index is 12.9. The normalized spacial score (nSPS) is 28.7. The highest BCUT2D eigenvalue weighted by molar-refractivity contribution is 5.90. The molecule has 2 N–H and O–H groups in total. The van der Waals surface area contributed by atoms with E-state index in [9.17, 15) is 9.59 Å². The monoisotopic (exact) mass is 526 g/mol. The van der Waals surface area contributed by atoms with Crippen LogP contribution in [0.15, 0.2) is 24.3 Å². The Morgan fingerprint density at radius 2 is 1.63 bits per heavy atom. The highest BCUT2D eigenvalue weighted by Gasteiger charge is 2.51. The smallest absolute Gasteiger partial charge is 0.410 e. The zero-order chi connectivity index (χ0) is 26.8. The molecule has 1 aliphatic heterocycles. The SMILES string of the molecule is CC(C)(C)OC(=O)N1CCN(CCCCOc2cccc(NC(=O)NC34CC5CC(CC(C5)C3)C4)c2)CC1. The average molecular weight is 527 g/mol. The second kappa shape index (κ2) is 11.3. The zero-order valence-electron chi connectivity index (χ0n) is 23.5. The quantitative estimate of drug-likeness (QED) is 0.438. The van der Waals surface area contributed by atoms with Gasteiger partial charge < -0.3 is 25.0 Å². The largest absolute Gasteiger partial charge is 0.494 e. The number of anilines is 1. The third-order valence-corrected chi connectivity index (χ3v) is 8.67. The van der Waals surface area contributed by atoms with E-state index in [-0.39, 0.29) is 17.7 Å². The summed E-state index contributed by atoms with van der Waals surface area (Å²) in [5.74, 6) is 3.20. The van der Waals surface area contributed by atoms with Crippen LogP contribution in [0.4, 0.5) is 15.3 Å². The van der Waals surface area contributed by atoms with Gasteiger partial charge in [-0.3, -0.25) is 4.90 Å². The number of carbonyl (C=O) groups is 2. The molecule has 5 fully saturated rings. The van der Waals surface area contributed by atoms with Crippen LogP contribution in [0.25, 0.3) is 0 Å². The Bertz CT molecular complexity index is 947. The van der Waals surface area contributed by atoms with E-state index in [4.69, 9.17) is 9.47 Å². The van der Waals surface area contributed by atoms with E-state index in [0.29, 0.717) is 19.7 Å². The van der Waals surface area contributed by atoms with Gasteiger partial charge in [0.25, 0.3) is 0 Å². The number of amides is 3. The summed E-state index contributed by atoms with van der Waals surface area (Å²) in [5.41, 5.74) is 0.326. The van der Waals surface area contributed by atoms with E-state index in [1.807, 2.05) is 45.0 Å². The predicted molar refractivity (Wildman–Crippen MR) is 148 cm³/mol. The first-order chi connectivity index (χ1) is 18.1. The first kappa shape index (κ1) is 27.1. The van der Waals surface area contributed by atoms with Gasteiger partial charge in [0.1, 0.15) is 11.4 Å². The van der Waals surface area contributed by atoms with E-state index in [0.717, 1.165) is 80.9 Å². The third kappa shape index (κ3) is 7.13. The van der Waals surface area contributed by atoms with Gasteiger partial charge in [0, 0.05) is 43.5 Å². The maximum Gasteiger partial charge on any atom is 0.410 e. The molecule has 0 aromatic heterocycles. The molecule has 0 atom stereocenters. The Labute approximate surface area is 227 Å². The molecule has 0 unspecified atom stereocenters. The number of unbranched alkanes of at least 4 members (excludes halogenated alkanes) is 1. The molecule has 0 radical (unpaired) electrons. The molecule has 1 heterocycles. The van der Waals surface area contributed by atoms with Gasteiger partial charge >= 0.3 is 12.1 Å². The van der Waals surface area contributed by atoms with Crippen LogP contribution in [0.5, 0.6) is 5.75 Å². The zero-order valence-corrected chi connectivity index (χ0v) is 23.5. The summed E-state index contributed by atoms with van der Waals surface area (Å²) in [6.45, 7) is 10.5. The van der Waals surface area contributed by atoms with Crippen LogP contribution in [-0.2, 0) is 4.74 Å². The highest BCUT2D eigenvalue weighted by atomic mass is 16.6. The van der Waals surface area contributed by atoms with E-state index < -0.39 is 5.60 Å². The lowest BCUT2D eigenvalue weighted by atomic mass is 9.53. The fraction of sp³-hybridized carbons (Fsp3) is 0.733. The molecule has 6 rings (SSSR count). The number of benzene rings is 1. The second-order valence-electron chi connectivity index (χ2n) is 13.2. The summed E-state index contributed by atoms with van der Waals surface area (Å²) < 4.78 is 11.5. The molecule has 3 amide bonds. The summed E-state index contributed by atoms with van der Waals surface area (Å²) in [6.07, 6.45) is 9.33. The van der Waals surface area contributed by atoms with Crippen molar-refractivity contribution in [1.82, 2.24) is 15.1 Å². The Morgan fingerprint density at radius 3 is 2.26 bits per heavy atom. The van der Waals surface area contributed by atoms with Gasteiger partial charge in [-0.15, -0.1) is 0 Å². The number of piperazine rings is 1. The summed E-state index contributed by atoms with van der Waals surface area (Å²) in [7, 11) is 0. The number of carbonyl (C=O) groups excluding carboxylic acids is 2. The molecule has 38 heavy (non-hydrogen) atoms. The van der Waals surface area contributed by atoms with E-state index in [2.05, 4.69) is 15.5 Å². The van der Waals surface area contributed by atoms with Crippen LogP contribution in [0.2, 0.25) is 0 Å². The number of nitrogens with zero attached hydrogens (tertiary/aromatic N) is 2. The molecule has 0 spiro atoms. The number of rotatable bonds is 8. The molecule has 1 aromatic carbocycles. The maximum absolute atomic E-state index is 12.9. The lowest BCUT2D eigenvalue weighted by molar-refractivity contribution is -0.0127. The van der Waals surface area contributed by atoms with Gasteiger partial charge in [0.2, 0.25) is 0 Å². The lowest BCUT2D eigenvalue weighted by Crippen LogP contribution is -2.60. The van der Waals surface area contributed by atoms with Crippen molar-refractivity contribution in [3.8, 4) is 5.75 Å². The first-order valence-electron chi connectivity index (χ1n) is 14.7. The van der Waals surface area contributed by atoms with Gasteiger partial charge in [-0.1, -0.05) is 6.07 Å². The van der Waals surface area contributed by atoms with Gasteiger partial charge in [-0.25, -0.2) is 9.59 Å². The molecule has 4 saturated carbocycles. The van der Waals surface area contributed by atoms with E-state index in [1.54, 1.807) is 4.90 Å². The van der Waals surface area contributed by atoms with Crippen molar-refractivity contribution in [2.75, 3.05) is 44.6 Å². The molecule has 5 aliphatic rings. The molecule has 1 saturated heterocycles.